The highest BCUT2D eigenvalue weighted by Crippen LogP contribution is 2.39. The van der Waals surface area contributed by atoms with Gasteiger partial charge >= 0.3 is 7.12 Å². The molecule has 2 atom stereocenters. The predicted octanol–water partition coefficient (Wildman–Crippen LogP) is 4.79. The number of rotatable bonds is 7. The fourth-order valence-electron chi connectivity index (χ4n) is 2.38. The van der Waals surface area contributed by atoms with Crippen LogP contribution in [0.3, 0.4) is 0 Å². The molecule has 0 N–H and O–H groups in total. The van der Waals surface area contributed by atoms with E-state index in [-0.39, 0.29) is 35.4 Å². The minimum atomic E-state index is -1.93. The van der Waals surface area contributed by atoms with Gasteiger partial charge in [0.05, 0.1) is 17.3 Å². The quantitative estimate of drug-likeness (QED) is 0.479. The van der Waals surface area contributed by atoms with Gasteiger partial charge < -0.3 is 18.5 Å². The van der Waals surface area contributed by atoms with Gasteiger partial charge in [-0.1, -0.05) is 39.7 Å². The second-order valence-electron chi connectivity index (χ2n) is 9.69. The van der Waals surface area contributed by atoms with Crippen molar-refractivity contribution in [3.63, 3.8) is 0 Å². The Morgan fingerprint density at radius 2 is 1.60 bits per heavy atom. The molecule has 2 unspecified atom stereocenters. The lowest BCUT2D eigenvalue weighted by molar-refractivity contribution is -0.109. The Morgan fingerprint density at radius 1 is 1.12 bits per heavy atom. The van der Waals surface area contributed by atoms with Crippen LogP contribution in [-0.4, -0.2) is 39.0 Å². The van der Waals surface area contributed by atoms with Crippen LogP contribution in [0.5, 0.6) is 0 Å². The fourth-order valence-corrected chi connectivity index (χ4v) is 3.80. The van der Waals surface area contributed by atoms with Crippen LogP contribution in [0.4, 0.5) is 0 Å². The number of hydrogen-bond donors (Lipinski definition) is 0. The molecule has 0 aromatic rings. The van der Waals surface area contributed by atoms with E-state index < -0.39 is 8.32 Å². The van der Waals surface area contributed by atoms with Crippen LogP contribution in [0.2, 0.25) is 18.1 Å². The lowest BCUT2D eigenvalue weighted by Gasteiger charge is -2.40. The Hall–Kier alpha value is -0.428. The van der Waals surface area contributed by atoms with E-state index in [0.29, 0.717) is 6.42 Å². The first kappa shape index (κ1) is 22.6. The highest BCUT2D eigenvalue weighted by molar-refractivity contribution is 6.74. The molecule has 0 aromatic carbocycles. The first-order valence-electron chi connectivity index (χ1n) is 9.28. The molecule has 0 spiro atoms. The Bertz CT molecular complexity index is 478. The maximum atomic E-state index is 11.1. The molecule has 1 heterocycles. The van der Waals surface area contributed by atoms with E-state index in [0.717, 1.165) is 6.29 Å². The van der Waals surface area contributed by atoms with Crippen molar-refractivity contribution in [2.45, 2.75) is 97.2 Å². The van der Waals surface area contributed by atoms with E-state index in [1.807, 2.05) is 33.7 Å². The van der Waals surface area contributed by atoms with Crippen LogP contribution < -0.4 is 0 Å². The number of aldehydes is 1. The summed E-state index contributed by atoms with van der Waals surface area (Å²) < 4.78 is 18.5. The average Bonchev–Trinajstić information content (AvgIpc) is 2.62. The lowest BCUT2D eigenvalue weighted by Crippen LogP contribution is -2.45. The molecule has 4 nitrogen and oxygen atoms in total. The van der Waals surface area contributed by atoms with Crippen molar-refractivity contribution in [3.05, 3.63) is 12.1 Å². The average molecular weight is 368 g/mol. The number of carbonyl (C=O) groups excluding carboxylic acids is 1. The second kappa shape index (κ2) is 7.67. The summed E-state index contributed by atoms with van der Waals surface area (Å²) in [5.41, 5.74) is -0.684. The number of hydrogen-bond acceptors (Lipinski definition) is 4. The van der Waals surface area contributed by atoms with Crippen LogP contribution in [0.1, 0.15) is 61.8 Å². The molecule has 0 saturated carbocycles. The highest BCUT2D eigenvalue weighted by atomic mass is 28.4. The summed E-state index contributed by atoms with van der Waals surface area (Å²) in [7, 11) is -2.29. The third kappa shape index (κ3) is 5.52. The molecular formula is C19H37BO4Si. The van der Waals surface area contributed by atoms with Crippen LogP contribution in [0.25, 0.3) is 0 Å². The van der Waals surface area contributed by atoms with Crippen molar-refractivity contribution in [3.8, 4) is 0 Å². The van der Waals surface area contributed by atoms with E-state index in [1.165, 1.54) is 0 Å². The maximum absolute atomic E-state index is 11.1. The summed E-state index contributed by atoms with van der Waals surface area (Å²) in [5, 5.41) is 0.114. The summed E-state index contributed by atoms with van der Waals surface area (Å²) in [6.45, 7) is 21.3. The van der Waals surface area contributed by atoms with Gasteiger partial charge in [-0.3, -0.25) is 0 Å². The van der Waals surface area contributed by atoms with E-state index in [4.69, 9.17) is 13.7 Å². The molecule has 1 fully saturated rings. The zero-order chi connectivity index (χ0) is 19.7. The second-order valence-corrected chi connectivity index (χ2v) is 14.4. The fraction of sp³-hybridized carbons (Fsp3) is 0.842. The summed E-state index contributed by atoms with van der Waals surface area (Å²) in [6.07, 6.45) is 3.30. The van der Waals surface area contributed by atoms with Gasteiger partial charge in [0.15, 0.2) is 8.32 Å². The molecule has 1 aliphatic rings. The van der Waals surface area contributed by atoms with Crippen LogP contribution in [0.15, 0.2) is 12.1 Å². The smallest absolute Gasteiger partial charge is 0.413 e. The molecule has 0 amide bonds. The first-order chi connectivity index (χ1) is 11.1. The SMILES string of the molecule is CC(/C=C/B1OC(C)(C)C(C)(C)O1)C(CC=O)O[Si](C)(C)C(C)(C)C. The normalized spacial score (nSPS) is 23.0. The monoisotopic (exact) mass is 368 g/mol. The number of carbonyl (C=O) groups is 1. The van der Waals surface area contributed by atoms with E-state index in [2.05, 4.69) is 46.9 Å². The van der Waals surface area contributed by atoms with E-state index in [9.17, 15) is 4.79 Å². The summed E-state index contributed by atoms with van der Waals surface area (Å²) >= 11 is 0. The lowest BCUT2D eigenvalue weighted by atomic mass is 9.87. The van der Waals surface area contributed by atoms with Gasteiger partial charge in [0, 0.05) is 6.42 Å². The molecule has 1 rings (SSSR count). The largest absolute Gasteiger partial charge is 0.486 e. The Balaban J connectivity index is 2.81. The Kier molecular flexibility index (Phi) is 6.94. The summed E-state index contributed by atoms with van der Waals surface area (Å²) in [5.74, 6) is 2.06. The molecule has 0 bridgehead atoms. The Labute approximate surface area is 156 Å². The van der Waals surface area contributed by atoms with Crippen molar-refractivity contribution in [2.24, 2.45) is 5.92 Å². The van der Waals surface area contributed by atoms with Crippen LogP contribution in [0, 0.1) is 5.92 Å². The van der Waals surface area contributed by atoms with Crippen molar-refractivity contribution in [1.29, 1.82) is 0 Å². The van der Waals surface area contributed by atoms with Crippen LogP contribution in [-0.2, 0) is 18.5 Å². The van der Waals surface area contributed by atoms with Crippen molar-refractivity contribution < 1.29 is 18.5 Å². The van der Waals surface area contributed by atoms with E-state index in [1.54, 1.807) is 0 Å². The molecule has 0 aromatic heterocycles. The molecule has 25 heavy (non-hydrogen) atoms. The van der Waals surface area contributed by atoms with Crippen molar-refractivity contribution in [1.82, 2.24) is 0 Å². The molecule has 0 aliphatic carbocycles. The molecule has 1 saturated heterocycles. The molecule has 144 valence electrons. The molecule has 0 radical (unpaired) electrons. The minimum absolute atomic E-state index is 0.110. The maximum Gasteiger partial charge on any atom is 0.486 e. The van der Waals surface area contributed by atoms with Gasteiger partial charge in [-0.2, -0.15) is 0 Å². The molecular weight excluding hydrogens is 331 g/mol. The van der Waals surface area contributed by atoms with Gasteiger partial charge in [-0.25, -0.2) is 0 Å². The topological polar surface area (TPSA) is 44.8 Å². The van der Waals surface area contributed by atoms with Crippen molar-refractivity contribution in [2.75, 3.05) is 0 Å². The van der Waals surface area contributed by atoms with Gasteiger partial charge in [0.25, 0.3) is 0 Å². The van der Waals surface area contributed by atoms with Crippen molar-refractivity contribution >= 4 is 21.7 Å². The summed E-state index contributed by atoms with van der Waals surface area (Å²) in [6, 6.07) is 0. The third-order valence-electron chi connectivity index (χ3n) is 6.01. The van der Waals surface area contributed by atoms with Gasteiger partial charge in [0.2, 0.25) is 0 Å². The predicted molar refractivity (Wildman–Crippen MR) is 107 cm³/mol. The van der Waals surface area contributed by atoms with E-state index >= 15 is 0 Å². The molecule has 6 heteroatoms. The zero-order valence-electron chi connectivity index (χ0n) is 17.8. The minimum Gasteiger partial charge on any atom is -0.413 e. The van der Waals surface area contributed by atoms with Crippen LogP contribution >= 0.6 is 0 Å². The third-order valence-corrected chi connectivity index (χ3v) is 10.5. The van der Waals surface area contributed by atoms with Gasteiger partial charge in [0.1, 0.15) is 6.29 Å². The standard InChI is InChI=1S/C19H37BO4Si/c1-15(11-13-20-23-18(5,6)19(7,8)24-20)16(12-14-21)22-25(9,10)17(2,3)4/h11,13-16H,12H2,1-10H3/b13-11+. The zero-order valence-corrected chi connectivity index (χ0v) is 18.8. The summed E-state index contributed by atoms with van der Waals surface area (Å²) in [4.78, 5) is 11.1. The van der Waals surface area contributed by atoms with Gasteiger partial charge in [-0.15, -0.1) is 0 Å². The highest BCUT2D eigenvalue weighted by Gasteiger charge is 2.50. The first-order valence-corrected chi connectivity index (χ1v) is 12.2. The molecule has 1 aliphatic heterocycles. The Morgan fingerprint density at radius 3 is 2.00 bits per heavy atom. The van der Waals surface area contributed by atoms with Gasteiger partial charge in [-0.05, 0) is 51.7 Å².